The lowest BCUT2D eigenvalue weighted by molar-refractivity contribution is -0.146. The Morgan fingerprint density at radius 1 is 1.12 bits per heavy atom. The van der Waals surface area contributed by atoms with Gasteiger partial charge in [-0.1, -0.05) is 30.3 Å². The molecule has 1 aromatic carbocycles. The van der Waals surface area contributed by atoms with E-state index in [2.05, 4.69) is 5.32 Å². The van der Waals surface area contributed by atoms with Gasteiger partial charge in [-0.25, -0.2) is 4.79 Å². The molecule has 0 saturated heterocycles. The standard InChI is InChI=1S/C17H23NO6/c1-17(2,3)24-16(22)18-13(9-14(19)20)10-15(21)23-11-12-7-5-4-6-8-12/h4-8,13H,9-11H2,1-3H3,(H,18,22)(H,19,20)/t13-/m0/s1. The van der Waals surface area contributed by atoms with Gasteiger partial charge in [0.05, 0.1) is 18.9 Å². The van der Waals surface area contributed by atoms with E-state index in [0.29, 0.717) is 0 Å². The third-order valence-corrected chi connectivity index (χ3v) is 2.80. The van der Waals surface area contributed by atoms with Gasteiger partial charge in [-0.3, -0.25) is 9.59 Å². The third-order valence-electron chi connectivity index (χ3n) is 2.80. The second-order valence-corrected chi connectivity index (χ2v) is 6.29. The number of nitrogens with one attached hydrogen (secondary N) is 1. The molecule has 1 atom stereocenters. The lowest BCUT2D eigenvalue weighted by Crippen LogP contribution is -2.41. The Morgan fingerprint density at radius 2 is 1.75 bits per heavy atom. The van der Waals surface area contributed by atoms with Crippen molar-refractivity contribution in [2.75, 3.05) is 0 Å². The summed E-state index contributed by atoms with van der Waals surface area (Å²) >= 11 is 0. The van der Waals surface area contributed by atoms with Crippen LogP contribution in [-0.4, -0.2) is 34.8 Å². The van der Waals surface area contributed by atoms with E-state index in [9.17, 15) is 14.4 Å². The zero-order valence-electron chi connectivity index (χ0n) is 14.1. The highest BCUT2D eigenvalue weighted by molar-refractivity contribution is 5.76. The van der Waals surface area contributed by atoms with Crippen LogP contribution in [0.25, 0.3) is 0 Å². The van der Waals surface area contributed by atoms with Crippen LogP contribution in [-0.2, 0) is 25.7 Å². The van der Waals surface area contributed by atoms with Crippen LogP contribution in [0.15, 0.2) is 30.3 Å². The van der Waals surface area contributed by atoms with Crippen molar-refractivity contribution >= 4 is 18.0 Å². The zero-order valence-corrected chi connectivity index (χ0v) is 14.1. The van der Waals surface area contributed by atoms with Crippen LogP contribution in [0.1, 0.15) is 39.2 Å². The summed E-state index contributed by atoms with van der Waals surface area (Å²) in [5.41, 5.74) is 0.104. The van der Waals surface area contributed by atoms with E-state index in [1.807, 2.05) is 18.2 Å². The number of benzene rings is 1. The van der Waals surface area contributed by atoms with Crippen molar-refractivity contribution in [3.8, 4) is 0 Å². The van der Waals surface area contributed by atoms with Crippen LogP contribution in [0.5, 0.6) is 0 Å². The first-order valence-electron chi connectivity index (χ1n) is 7.56. The van der Waals surface area contributed by atoms with Crippen LogP contribution < -0.4 is 5.32 Å². The molecule has 0 aliphatic carbocycles. The topological polar surface area (TPSA) is 102 Å². The summed E-state index contributed by atoms with van der Waals surface area (Å²) in [5, 5.41) is 11.3. The lowest BCUT2D eigenvalue weighted by Gasteiger charge is -2.22. The largest absolute Gasteiger partial charge is 0.481 e. The average molecular weight is 337 g/mol. The van der Waals surface area contributed by atoms with Gasteiger partial charge >= 0.3 is 18.0 Å². The molecule has 0 aromatic heterocycles. The number of carboxylic acids is 1. The highest BCUT2D eigenvalue weighted by Crippen LogP contribution is 2.09. The van der Waals surface area contributed by atoms with Crippen molar-refractivity contribution in [2.45, 2.75) is 51.9 Å². The first-order chi connectivity index (χ1) is 11.2. The molecular formula is C17H23NO6. The Morgan fingerprint density at radius 3 is 2.29 bits per heavy atom. The van der Waals surface area contributed by atoms with Gasteiger partial charge in [0, 0.05) is 0 Å². The van der Waals surface area contributed by atoms with Crippen LogP contribution >= 0.6 is 0 Å². The van der Waals surface area contributed by atoms with Gasteiger partial charge in [0.2, 0.25) is 0 Å². The van der Waals surface area contributed by atoms with E-state index < -0.39 is 36.1 Å². The predicted molar refractivity (Wildman–Crippen MR) is 86.3 cm³/mol. The highest BCUT2D eigenvalue weighted by Gasteiger charge is 2.23. The number of hydrogen-bond acceptors (Lipinski definition) is 5. The Hall–Kier alpha value is -2.57. The number of carbonyl (C=O) groups is 3. The Labute approximate surface area is 141 Å². The predicted octanol–water partition coefficient (Wildman–Crippen LogP) is 2.49. The molecule has 0 fully saturated rings. The molecule has 24 heavy (non-hydrogen) atoms. The summed E-state index contributed by atoms with van der Waals surface area (Å²) in [4.78, 5) is 34.5. The van der Waals surface area contributed by atoms with Crippen molar-refractivity contribution in [1.29, 1.82) is 0 Å². The van der Waals surface area contributed by atoms with Gasteiger partial charge < -0.3 is 19.9 Å². The van der Waals surface area contributed by atoms with E-state index in [1.165, 1.54) is 0 Å². The first-order valence-corrected chi connectivity index (χ1v) is 7.56. The zero-order chi connectivity index (χ0) is 18.2. The van der Waals surface area contributed by atoms with E-state index in [4.69, 9.17) is 14.6 Å². The minimum absolute atomic E-state index is 0.0892. The molecule has 1 amide bonds. The van der Waals surface area contributed by atoms with Crippen molar-refractivity contribution in [1.82, 2.24) is 5.32 Å². The number of ether oxygens (including phenoxy) is 2. The van der Waals surface area contributed by atoms with Gasteiger partial charge in [-0.05, 0) is 26.3 Å². The van der Waals surface area contributed by atoms with E-state index in [1.54, 1.807) is 32.9 Å². The molecule has 0 saturated carbocycles. The van der Waals surface area contributed by atoms with Gasteiger partial charge in [-0.15, -0.1) is 0 Å². The summed E-state index contributed by atoms with van der Waals surface area (Å²) in [6.45, 7) is 5.15. The molecule has 0 aliphatic rings. The molecule has 0 unspecified atom stereocenters. The Balaban J connectivity index is 2.53. The minimum atomic E-state index is -1.13. The Kier molecular flexibility index (Phi) is 7.23. The summed E-state index contributed by atoms with van der Waals surface area (Å²) < 4.78 is 10.2. The lowest BCUT2D eigenvalue weighted by atomic mass is 10.1. The highest BCUT2D eigenvalue weighted by atomic mass is 16.6. The number of aliphatic carboxylic acids is 1. The number of esters is 1. The Bertz CT molecular complexity index is 564. The summed E-state index contributed by atoms with van der Waals surface area (Å²) in [6, 6.07) is 8.20. The average Bonchev–Trinajstić information content (AvgIpc) is 2.43. The summed E-state index contributed by atoms with van der Waals surface area (Å²) in [6.07, 6.45) is -1.43. The molecular weight excluding hydrogens is 314 g/mol. The number of carboxylic acid groups (broad SMARTS) is 1. The maximum absolute atomic E-state index is 11.9. The SMILES string of the molecule is CC(C)(C)OC(=O)N[C@@H](CC(=O)O)CC(=O)OCc1ccccc1. The van der Waals surface area contributed by atoms with Gasteiger partial charge in [0.25, 0.3) is 0 Å². The maximum atomic E-state index is 11.9. The smallest absolute Gasteiger partial charge is 0.407 e. The fraction of sp³-hybridized carbons (Fsp3) is 0.471. The fourth-order valence-electron chi connectivity index (χ4n) is 1.86. The van der Waals surface area contributed by atoms with Crippen molar-refractivity contribution < 1.29 is 29.0 Å². The van der Waals surface area contributed by atoms with Gasteiger partial charge in [0.1, 0.15) is 12.2 Å². The van der Waals surface area contributed by atoms with Gasteiger partial charge in [0.15, 0.2) is 0 Å². The van der Waals surface area contributed by atoms with Crippen molar-refractivity contribution in [3.63, 3.8) is 0 Å². The summed E-state index contributed by atoms with van der Waals surface area (Å²) in [5.74, 6) is -1.73. The molecule has 7 heteroatoms. The molecule has 7 nitrogen and oxygen atoms in total. The molecule has 0 bridgehead atoms. The number of carbonyl (C=O) groups excluding carboxylic acids is 2. The second kappa shape index (κ2) is 8.90. The molecule has 0 radical (unpaired) electrons. The summed E-state index contributed by atoms with van der Waals surface area (Å²) in [7, 11) is 0. The molecule has 0 heterocycles. The van der Waals surface area contributed by atoms with Gasteiger partial charge in [-0.2, -0.15) is 0 Å². The van der Waals surface area contributed by atoms with E-state index in [-0.39, 0.29) is 13.0 Å². The van der Waals surface area contributed by atoms with Crippen LogP contribution in [0.4, 0.5) is 4.79 Å². The molecule has 0 spiro atoms. The van der Waals surface area contributed by atoms with Crippen LogP contribution in [0.3, 0.4) is 0 Å². The number of hydrogen-bond donors (Lipinski definition) is 2. The van der Waals surface area contributed by atoms with Crippen LogP contribution in [0, 0.1) is 0 Å². The monoisotopic (exact) mass is 337 g/mol. The molecule has 0 aliphatic heterocycles. The number of amides is 1. The number of alkyl carbamates (subject to hydrolysis) is 1. The molecule has 1 rings (SSSR count). The van der Waals surface area contributed by atoms with Crippen LogP contribution in [0.2, 0.25) is 0 Å². The van der Waals surface area contributed by atoms with Crippen molar-refractivity contribution in [2.24, 2.45) is 0 Å². The normalized spacial score (nSPS) is 12.1. The molecule has 132 valence electrons. The first kappa shape index (κ1) is 19.5. The van der Waals surface area contributed by atoms with Crippen molar-refractivity contribution in [3.05, 3.63) is 35.9 Å². The van der Waals surface area contributed by atoms with E-state index >= 15 is 0 Å². The quantitative estimate of drug-likeness (QED) is 0.741. The second-order valence-electron chi connectivity index (χ2n) is 6.29. The number of rotatable bonds is 7. The fourth-order valence-corrected chi connectivity index (χ4v) is 1.86. The van der Waals surface area contributed by atoms with E-state index in [0.717, 1.165) is 5.56 Å². The third kappa shape index (κ3) is 8.77. The maximum Gasteiger partial charge on any atom is 0.407 e. The molecule has 1 aromatic rings. The molecule has 2 N–H and O–H groups in total. The minimum Gasteiger partial charge on any atom is -0.481 e.